The molecule has 1 saturated heterocycles. The summed E-state index contributed by atoms with van der Waals surface area (Å²) in [4.78, 5) is 29.0. The van der Waals surface area contributed by atoms with E-state index in [1.54, 1.807) is 0 Å². The second kappa shape index (κ2) is 11.3. The number of allylic oxidation sites excluding steroid dienone is 1. The first-order valence-corrected chi connectivity index (χ1v) is 11.9. The van der Waals surface area contributed by atoms with Gasteiger partial charge < -0.3 is 10.6 Å². The standard InChI is InChI=1S/C28H37N3O2/c1-6-7-8-18-31-23(27(32)29-25-19(2)12-9-13-20(25)3)16-11-17-24(31)28(33)30-26-21(4)14-10-15-22(26)5/h6,9-10,12-15,23-24H,1,7-8,11,16-18H2,2-5H3,(H,29,32)(H,30,33)/t23-,24+. The van der Waals surface area contributed by atoms with Crippen LogP contribution in [-0.2, 0) is 9.59 Å². The average molecular weight is 448 g/mol. The van der Waals surface area contributed by atoms with Gasteiger partial charge in [-0.1, -0.05) is 42.5 Å². The monoisotopic (exact) mass is 447 g/mol. The number of nitrogens with zero attached hydrogens (tertiary/aromatic N) is 1. The maximum atomic E-state index is 13.4. The largest absolute Gasteiger partial charge is 0.324 e. The molecule has 2 aromatic carbocycles. The molecule has 0 spiro atoms. The molecule has 1 heterocycles. The molecule has 176 valence electrons. The Balaban J connectivity index is 1.83. The van der Waals surface area contributed by atoms with Gasteiger partial charge in [0, 0.05) is 17.9 Å². The second-order valence-corrected chi connectivity index (χ2v) is 9.14. The SMILES string of the molecule is C=CCCCN1[C@@H](C(=O)Nc2c(C)cccc2C)CCC[C@H]1C(=O)Nc1c(C)cccc1C. The molecule has 2 atom stereocenters. The van der Waals surface area contributed by atoms with E-state index in [1.165, 1.54) is 0 Å². The first kappa shape index (κ1) is 24.7. The Labute approximate surface area is 198 Å². The highest BCUT2D eigenvalue weighted by Gasteiger charge is 2.38. The summed E-state index contributed by atoms with van der Waals surface area (Å²) in [5.74, 6) is -0.0637. The van der Waals surface area contributed by atoms with Gasteiger partial charge in [0.25, 0.3) is 0 Å². The number of hydrogen-bond donors (Lipinski definition) is 2. The van der Waals surface area contributed by atoms with E-state index < -0.39 is 0 Å². The molecule has 2 N–H and O–H groups in total. The fourth-order valence-electron chi connectivity index (χ4n) is 4.78. The van der Waals surface area contributed by atoms with Crippen molar-refractivity contribution in [3.8, 4) is 0 Å². The Morgan fingerprint density at radius 2 is 1.30 bits per heavy atom. The summed E-state index contributed by atoms with van der Waals surface area (Å²) in [7, 11) is 0. The lowest BCUT2D eigenvalue weighted by molar-refractivity contribution is -0.130. The van der Waals surface area contributed by atoms with Crippen LogP contribution in [0.15, 0.2) is 49.1 Å². The van der Waals surface area contributed by atoms with Crippen LogP contribution in [0.3, 0.4) is 0 Å². The molecular weight excluding hydrogens is 410 g/mol. The van der Waals surface area contributed by atoms with E-state index >= 15 is 0 Å². The number of amides is 2. The van der Waals surface area contributed by atoms with Gasteiger partial charge in [-0.15, -0.1) is 6.58 Å². The van der Waals surface area contributed by atoms with E-state index in [0.717, 1.165) is 65.7 Å². The summed E-state index contributed by atoms with van der Waals surface area (Å²) in [5, 5.41) is 6.33. The molecule has 0 radical (unpaired) electrons. The van der Waals surface area contributed by atoms with Crippen LogP contribution in [0.5, 0.6) is 0 Å². The Kier molecular flexibility index (Phi) is 8.45. The number of piperidine rings is 1. The summed E-state index contributed by atoms with van der Waals surface area (Å²) in [5.41, 5.74) is 5.91. The van der Waals surface area contributed by atoms with Crippen LogP contribution >= 0.6 is 0 Å². The maximum absolute atomic E-state index is 13.4. The zero-order chi connectivity index (χ0) is 24.0. The third kappa shape index (κ3) is 5.91. The number of likely N-dealkylation sites (tertiary alicyclic amines) is 1. The molecule has 3 rings (SSSR count). The minimum absolute atomic E-state index is 0.0319. The highest BCUT2D eigenvalue weighted by Crippen LogP contribution is 2.28. The summed E-state index contributed by atoms with van der Waals surface area (Å²) < 4.78 is 0. The van der Waals surface area contributed by atoms with Gasteiger partial charge in [0.05, 0.1) is 12.1 Å². The van der Waals surface area contributed by atoms with E-state index in [2.05, 4.69) is 22.1 Å². The molecule has 1 aliphatic rings. The molecule has 5 nitrogen and oxygen atoms in total. The fourth-order valence-corrected chi connectivity index (χ4v) is 4.78. The zero-order valence-electron chi connectivity index (χ0n) is 20.4. The van der Waals surface area contributed by atoms with Gasteiger partial charge in [-0.25, -0.2) is 0 Å². The molecular formula is C28H37N3O2. The Morgan fingerprint density at radius 1 is 0.879 bits per heavy atom. The van der Waals surface area contributed by atoms with Crippen molar-refractivity contribution in [1.29, 1.82) is 0 Å². The average Bonchev–Trinajstić information content (AvgIpc) is 2.79. The van der Waals surface area contributed by atoms with Crippen LogP contribution in [0.4, 0.5) is 11.4 Å². The van der Waals surface area contributed by atoms with E-state index in [4.69, 9.17) is 0 Å². The third-order valence-corrected chi connectivity index (χ3v) is 6.64. The molecule has 0 unspecified atom stereocenters. The smallest absolute Gasteiger partial charge is 0.241 e. The third-order valence-electron chi connectivity index (χ3n) is 6.64. The normalized spacial score (nSPS) is 18.5. The van der Waals surface area contributed by atoms with E-state index in [0.29, 0.717) is 6.54 Å². The van der Waals surface area contributed by atoms with E-state index in [9.17, 15) is 9.59 Å². The molecule has 1 aliphatic heterocycles. The highest BCUT2D eigenvalue weighted by molar-refractivity contribution is 5.99. The van der Waals surface area contributed by atoms with Crippen molar-refractivity contribution in [3.05, 3.63) is 71.3 Å². The van der Waals surface area contributed by atoms with Crippen LogP contribution in [0, 0.1) is 27.7 Å². The van der Waals surface area contributed by atoms with Gasteiger partial charge in [-0.2, -0.15) is 0 Å². The van der Waals surface area contributed by atoms with Gasteiger partial charge in [0.15, 0.2) is 0 Å². The predicted octanol–water partition coefficient (Wildman–Crippen LogP) is 5.69. The van der Waals surface area contributed by atoms with Crippen molar-refractivity contribution < 1.29 is 9.59 Å². The number of benzene rings is 2. The molecule has 2 aromatic rings. The van der Waals surface area contributed by atoms with Crippen LogP contribution < -0.4 is 10.6 Å². The lowest BCUT2D eigenvalue weighted by Crippen LogP contribution is -2.56. The van der Waals surface area contributed by atoms with Gasteiger partial charge in [0.2, 0.25) is 11.8 Å². The van der Waals surface area contributed by atoms with Crippen molar-refractivity contribution in [2.45, 2.75) is 71.9 Å². The minimum Gasteiger partial charge on any atom is -0.324 e. The zero-order valence-corrected chi connectivity index (χ0v) is 20.4. The van der Waals surface area contributed by atoms with Crippen molar-refractivity contribution in [3.63, 3.8) is 0 Å². The summed E-state index contributed by atoms with van der Waals surface area (Å²) in [6.07, 6.45) is 5.95. The summed E-state index contributed by atoms with van der Waals surface area (Å²) >= 11 is 0. The molecule has 2 amide bonds. The number of rotatable bonds is 8. The van der Waals surface area contributed by atoms with E-state index in [1.807, 2.05) is 70.2 Å². The van der Waals surface area contributed by atoms with Crippen molar-refractivity contribution >= 4 is 23.2 Å². The first-order chi connectivity index (χ1) is 15.8. The number of carbonyl (C=O) groups excluding carboxylic acids is 2. The lowest BCUT2D eigenvalue weighted by Gasteiger charge is -2.40. The number of para-hydroxylation sites is 2. The summed E-state index contributed by atoms with van der Waals surface area (Å²) in [6, 6.07) is 11.3. The fraction of sp³-hybridized carbons (Fsp3) is 0.429. The van der Waals surface area contributed by atoms with Gasteiger partial charge in [-0.05, 0) is 82.1 Å². The van der Waals surface area contributed by atoms with Crippen molar-refractivity contribution in [2.75, 3.05) is 17.2 Å². The molecule has 0 aromatic heterocycles. The number of aryl methyl sites for hydroxylation is 4. The number of anilines is 2. The second-order valence-electron chi connectivity index (χ2n) is 9.14. The van der Waals surface area contributed by atoms with Crippen LogP contribution in [0.2, 0.25) is 0 Å². The van der Waals surface area contributed by atoms with Crippen LogP contribution in [0.1, 0.15) is 54.4 Å². The Morgan fingerprint density at radius 3 is 1.70 bits per heavy atom. The number of nitrogens with one attached hydrogen (secondary N) is 2. The first-order valence-electron chi connectivity index (χ1n) is 11.9. The molecule has 33 heavy (non-hydrogen) atoms. The van der Waals surface area contributed by atoms with Crippen LogP contribution in [-0.4, -0.2) is 35.3 Å². The highest BCUT2D eigenvalue weighted by atomic mass is 16.2. The van der Waals surface area contributed by atoms with Gasteiger partial charge in [-0.3, -0.25) is 14.5 Å². The van der Waals surface area contributed by atoms with Crippen molar-refractivity contribution in [1.82, 2.24) is 4.90 Å². The quantitative estimate of drug-likeness (QED) is 0.404. The summed E-state index contributed by atoms with van der Waals surface area (Å²) in [6.45, 7) is 12.5. The molecule has 0 aliphatic carbocycles. The minimum atomic E-state index is -0.337. The molecule has 1 fully saturated rings. The molecule has 0 bridgehead atoms. The van der Waals surface area contributed by atoms with Crippen LogP contribution in [0.25, 0.3) is 0 Å². The van der Waals surface area contributed by atoms with E-state index in [-0.39, 0.29) is 23.9 Å². The number of unbranched alkanes of at least 4 members (excludes halogenated alkanes) is 1. The molecule has 0 saturated carbocycles. The Hall–Kier alpha value is -2.92. The number of carbonyl (C=O) groups is 2. The lowest BCUT2D eigenvalue weighted by atomic mass is 9.93. The Bertz CT molecular complexity index is 900. The maximum Gasteiger partial charge on any atom is 0.241 e. The molecule has 5 heteroatoms. The van der Waals surface area contributed by atoms with Gasteiger partial charge >= 0.3 is 0 Å². The van der Waals surface area contributed by atoms with Gasteiger partial charge in [0.1, 0.15) is 0 Å². The topological polar surface area (TPSA) is 61.4 Å². The number of hydrogen-bond acceptors (Lipinski definition) is 3. The van der Waals surface area contributed by atoms with Crippen molar-refractivity contribution in [2.24, 2.45) is 0 Å². The predicted molar refractivity (Wildman–Crippen MR) is 137 cm³/mol.